The van der Waals surface area contributed by atoms with Crippen molar-refractivity contribution in [3.8, 4) is 0 Å². The Kier molecular flexibility index (Phi) is 3.16. The highest BCUT2D eigenvalue weighted by Crippen LogP contribution is 2.58. The van der Waals surface area contributed by atoms with Crippen molar-refractivity contribution >= 4 is 21.4 Å². The monoisotopic (exact) mass is 331 g/mol. The molecular formula is C17H17NO2S2. The van der Waals surface area contributed by atoms with E-state index in [9.17, 15) is 8.42 Å². The van der Waals surface area contributed by atoms with Gasteiger partial charge in [-0.05, 0) is 42.3 Å². The Morgan fingerprint density at radius 2 is 1.95 bits per heavy atom. The highest BCUT2D eigenvalue weighted by atomic mass is 32.2. The van der Waals surface area contributed by atoms with Crippen LogP contribution in [0.5, 0.6) is 0 Å². The summed E-state index contributed by atoms with van der Waals surface area (Å²) in [5, 5.41) is 2.09. The molecule has 3 atom stereocenters. The summed E-state index contributed by atoms with van der Waals surface area (Å²) in [7, 11) is -3.43. The van der Waals surface area contributed by atoms with E-state index in [0.717, 1.165) is 5.56 Å². The van der Waals surface area contributed by atoms with Crippen LogP contribution in [0, 0.1) is 18.8 Å². The molecule has 114 valence electrons. The van der Waals surface area contributed by atoms with Gasteiger partial charge in [-0.3, -0.25) is 4.31 Å². The zero-order valence-corrected chi connectivity index (χ0v) is 13.8. The lowest BCUT2D eigenvalue weighted by Crippen LogP contribution is -2.30. The van der Waals surface area contributed by atoms with Crippen molar-refractivity contribution in [2.24, 2.45) is 11.8 Å². The first-order chi connectivity index (χ1) is 10.6. The normalized spacial score (nSPS) is 26.8. The Balaban J connectivity index is 1.57. The van der Waals surface area contributed by atoms with Crippen LogP contribution in [-0.2, 0) is 10.0 Å². The SMILES string of the molecule is Cc1ccc(S(=O)(=O)N2C=C[C@@H]3[C@H](C2)[C@H]3c2cccs2)cc1. The molecule has 5 heteroatoms. The maximum absolute atomic E-state index is 12.7. The van der Waals surface area contributed by atoms with E-state index >= 15 is 0 Å². The third-order valence-electron chi connectivity index (χ3n) is 4.59. The number of aryl methyl sites for hydroxylation is 1. The molecule has 1 aromatic carbocycles. The van der Waals surface area contributed by atoms with Crippen LogP contribution >= 0.6 is 11.3 Å². The fraction of sp³-hybridized carbons (Fsp3) is 0.294. The zero-order chi connectivity index (χ0) is 15.3. The van der Waals surface area contributed by atoms with E-state index in [2.05, 4.69) is 23.6 Å². The highest BCUT2D eigenvalue weighted by Gasteiger charge is 2.53. The first kappa shape index (κ1) is 14.0. The van der Waals surface area contributed by atoms with Crippen LogP contribution < -0.4 is 0 Å². The van der Waals surface area contributed by atoms with Crippen molar-refractivity contribution in [3.05, 3.63) is 64.5 Å². The molecular weight excluding hydrogens is 314 g/mol. The minimum absolute atomic E-state index is 0.370. The number of hydrogen-bond donors (Lipinski definition) is 0. The smallest absolute Gasteiger partial charge is 0.263 e. The van der Waals surface area contributed by atoms with Crippen molar-refractivity contribution < 1.29 is 8.42 Å². The molecule has 1 saturated carbocycles. The van der Waals surface area contributed by atoms with Gasteiger partial charge < -0.3 is 0 Å². The Morgan fingerprint density at radius 1 is 1.18 bits per heavy atom. The van der Waals surface area contributed by atoms with Gasteiger partial charge in [0, 0.05) is 23.5 Å². The molecule has 2 heterocycles. The van der Waals surface area contributed by atoms with Crippen molar-refractivity contribution in [2.45, 2.75) is 17.7 Å². The maximum Gasteiger partial charge on any atom is 0.263 e. The Bertz CT molecular complexity index is 807. The van der Waals surface area contributed by atoms with Crippen molar-refractivity contribution in [1.82, 2.24) is 4.31 Å². The molecule has 4 rings (SSSR count). The molecule has 0 radical (unpaired) electrons. The van der Waals surface area contributed by atoms with Gasteiger partial charge in [0.05, 0.1) is 4.90 Å². The fourth-order valence-corrected chi connectivity index (χ4v) is 5.58. The van der Waals surface area contributed by atoms with Gasteiger partial charge in [-0.1, -0.05) is 29.8 Å². The Morgan fingerprint density at radius 3 is 2.64 bits per heavy atom. The molecule has 2 aliphatic rings. The van der Waals surface area contributed by atoms with Crippen LogP contribution in [-0.4, -0.2) is 19.3 Å². The van der Waals surface area contributed by atoms with Gasteiger partial charge in [0.1, 0.15) is 0 Å². The maximum atomic E-state index is 12.7. The third-order valence-corrected chi connectivity index (χ3v) is 7.32. The summed E-state index contributed by atoms with van der Waals surface area (Å²) >= 11 is 1.76. The molecule has 0 unspecified atom stereocenters. The molecule has 0 spiro atoms. The third kappa shape index (κ3) is 2.20. The number of nitrogens with zero attached hydrogens (tertiary/aromatic N) is 1. The van der Waals surface area contributed by atoms with Gasteiger partial charge >= 0.3 is 0 Å². The summed E-state index contributed by atoms with van der Waals surface area (Å²) in [5.74, 6) is 1.42. The number of thiophene rings is 1. The quantitative estimate of drug-likeness (QED) is 0.862. The van der Waals surface area contributed by atoms with E-state index in [1.165, 1.54) is 9.18 Å². The van der Waals surface area contributed by atoms with E-state index in [-0.39, 0.29) is 0 Å². The first-order valence-corrected chi connectivity index (χ1v) is 9.69. The highest BCUT2D eigenvalue weighted by molar-refractivity contribution is 7.89. The lowest BCUT2D eigenvalue weighted by molar-refractivity contribution is 0.461. The summed E-state index contributed by atoms with van der Waals surface area (Å²) in [4.78, 5) is 1.74. The summed E-state index contributed by atoms with van der Waals surface area (Å²) in [6, 6.07) is 11.3. The summed E-state index contributed by atoms with van der Waals surface area (Å²) in [5.41, 5.74) is 1.06. The molecule has 1 aliphatic carbocycles. The van der Waals surface area contributed by atoms with Crippen molar-refractivity contribution in [2.75, 3.05) is 6.54 Å². The lowest BCUT2D eigenvalue weighted by atomic mass is 10.2. The van der Waals surface area contributed by atoms with Crippen molar-refractivity contribution in [1.29, 1.82) is 0 Å². The number of allylic oxidation sites excluding steroid dienone is 1. The molecule has 22 heavy (non-hydrogen) atoms. The van der Waals surface area contributed by atoms with Gasteiger partial charge in [0.25, 0.3) is 10.0 Å². The largest absolute Gasteiger partial charge is 0.273 e. The second kappa shape index (κ2) is 4.96. The van der Waals surface area contributed by atoms with Gasteiger partial charge in [-0.25, -0.2) is 8.42 Å². The fourth-order valence-electron chi connectivity index (χ4n) is 3.27. The summed E-state index contributed by atoms with van der Waals surface area (Å²) in [6.07, 6.45) is 3.81. The first-order valence-electron chi connectivity index (χ1n) is 7.37. The molecule has 1 aliphatic heterocycles. The number of benzene rings is 1. The number of hydrogen-bond acceptors (Lipinski definition) is 3. The molecule has 2 aromatic rings. The van der Waals surface area contributed by atoms with Gasteiger partial charge in [-0.15, -0.1) is 11.3 Å². The second-order valence-corrected chi connectivity index (χ2v) is 8.88. The molecule has 3 nitrogen and oxygen atoms in total. The van der Waals surface area contributed by atoms with Gasteiger partial charge in [0.2, 0.25) is 0 Å². The van der Waals surface area contributed by atoms with Crippen LogP contribution in [0.15, 0.2) is 58.9 Å². The van der Waals surface area contributed by atoms with Crippen LogP contribution in [0.2, 0.25) is 0 Å². The molecule has 0 bridgehead atoms. The van der Waals surface area contributed by atoms with Crippen LogP contribution in [0.3, 0.4) is 0 Å². The van der Waals surface area contributed by atoms with Crippen LogP contribution in [0.4, 0.5) is 0 Å². The lowest BCUT2D eigenvalue weighted by Gasteiger charge is -2.22. The number of fused-ring (bicyclic) bond motifs is 1. The predicted octanol–water partition coefficient (Wildman–Crippen LogP) is 3.60. The van der Waals surface area contributed by atoms with Crippen LogP contribution in [0.25, 0.3) is 0 Å². The van der Waals surface area contributed by atoms with E-state index < -0.39 is 10.0 Å². The minimum Gasteiger partial charge on any atom is -0.273 e. The van der Waals surface area contributed by atoms with Crippen LogP contribution in [0.1, 0.15) is 16.4 Å². The molecule has 0 amide bonds. The molecule has 0 N–H and O–H groups in total. The summed E-state index contributed by atoms with van der Waals surface area (Å²) in [6.45, 7) is 2.54. The van der Waals surface area contributed by atoms with E-state index in [1.807, 2.05) is 19.1 Å². The average molecular weight is 331 g/mol. The summed E-state index contributed by atoms with van der Waals surface area (Å²) < 4.78 is 27.0. The topological polar surface area (TPSA) is 37.4 Å². The Hall–Kier alpha value is -1.59. The molecule has 1 aromatic heterocycles. The van der Waals surface area contributed by atoms with E-state index in [4.69, 9.17) is 0 Å². The second-order valence-electron chi connectivity index (χ2n) is 6.01. The predicted molar refractivity (Wildman–Crippen MR) is 88.3 cm³/mol. The zero-order valence-electron chi connectivity index (χ0n) is 12.2. The molecule has 1 fully saturated rings. The van der Waals surface area contributed by atoms with Gasteiger partial charge in [0.15, 0.2) is 0 Å². The van der Waals surface area contributed by atoms with E-state index in [0.29, 0.717) is 29.2 Å². The minimum atomic E-state index is -3.43. The number of rotatable bonds is 3. The average Bonchev–Trinajstić information content (AvgIpc) is 2.97. The van der Waals surface area contributed by atoms with E-state index in [1.54, 1.807) is 29.7 Å². The van der Waals surface area contributed by atoms with Gasteiger partial charge in [-0.2, -0.15) is 0 Å². The molecule has 0 saturated heterocycles. The standard InChI is InChI=1S/C17H17NO2S2/c1-12-4-6-13(7-5-12)22(19,20)18-9-8-14-15(11-18)17(14)16-3-2-10-21-16/h2-10,14-15,17H,11H2,1H3/t14-,15+,17+/m1/s1. The number of sulfonamides is 1. The van der Waals surface area contributed by atoms with Crippen molar-refractivity contribution in [3.63, 3.8) is 0 Å². The Labute approximate surface area is 135 Å².